The van der Waals surface area contributed by atoms with Gasteiger partial charge in [-0.1, -0.05) is 19.9 Å². The highest BCUT2D eigenvalue weighted by Crippen LogP contribution is 2.32. The summed E-state index contributed by atoms with van der Waals surface area (Å²) in [6.07, 6.45) is -0.254. The molecule has 1 aromatic carbocycles. The van der Waals surface area contributed by atoms with Crippen molar-refractivity contribution in [3.8, 4) is 0 Å². The minimum Gasteiger partial charge on any atom is -0.407 e. The fourth-order valence-electron chi connectivity index (χ4n) is 2.97. The quantitative estimate of drug-likeness (QED) is 0.670. The lowest BCUT2D eigenvalue weighted by molar-refractivity contribution is -0.0220. The number of hydrogen-bond donors (Lipinski definition) is 1. The lowest BCUT2D eigenvalue weighted by atomic mass is 9.75. The van der Waals surface area contributed by atoms with Crippen LogP contribution in [-0.4, -0.2) is 39.3 Å². The van der Waals surface area contributed by atoms with Crippen LogP contribution in [-0.2, 0) is 9.31 Å². The molecule has 0 spiro atoms. The molecule has 0 unspecified atom stereocenters. The molecular weight excluding hydrogens is 301 g/mol. The first-order valence-corrected chi connectivity index (χ1v) is 8.01. The van der Waals surface area contributed by atoms with E-state index in [0.29, 0.717) is 32.0 Å². The molecule has 0 amide bonds. The van der Waals surface area contributed by atoms with E-state index in [1.807, 2.05) is 23.1 Å². The van der Waals surface area contributed by atoms with Gasteiger partial charge in [0.2, 0.25) is 0 Å². The zero-order valence-electron chi connectivity index (χ0n) is 13.6. The summed E-state index contributed by atoms with van der Waals surface area (Å²) in [4.78, 5) is 1.92. The van der Waals surface area contributed by atoms with Gasteiger partial charge in [-0.2, -0.15) is 0 Å². The Morgan fingerprint density at radius 2 is 1.74 bits per heavy atom. The molecule has 0 aromatic heterocycles. The van der Waals surface area contributed by atoms with Crippen molar-refractivity contribution in [3.05, 3.63) is 18.2 Å². The van der Waals surface area contributed by atoms with Crippen molar-refractivity contribution < 1.29 is 18.1 Å². The number of alkyl halides is 2. The summed E-state index contributed by atoms with van der Waals surface area (Å²) < 4.78 is 38.1. The smallest absolute Gasteiger partial charge is 0.407 e. The molecule has 0 radical (unpaired) electrons. The molecule has 1 aromatic rings. The lowest BCUT2D eigenvalue weighted by Gasteiger charge is -2.35. The van der Waals surface area contributed by atoms with Crippen LogP contribution in [0.2, 0.25) is 0 Å². The van der Waals surface area contributed by atoms with Crippen LogP contribution in [0, 0.1) is 5.41 Å². The summed E-state index contributed by atoms with van der Waals surface area (Å²) >= 11 is 0. The number of piperidine rings is 1. The summed E-state index contributed by atoms with van der Waals surface area (Å²) in [6.45, 7) is 6.07. The van der Waals surface area contributed by atoms with Crippen LogP contribution < -0.4 is 16.1 Å². The number of anilines is 2. The van der Waals surface area contributed by atoms with Gasteiger partial charge >= 0.3 is 7.12 Å². The van der Waals surface area contributed by atoms with Crippen molar-refractivity contribution in [3.63, 3.8) is 0 Å². The third-order valence-corrected chi connectivity index (χ3v) is 4.41. The summed E-state index contributed by atoms with van der Waals surface area (Å²) in [6, 6.07) is 5.60. The average molecular weight is 324 g/mol. The topological polar surface area (TPSA) is 47.7 Å². The molecule has 2 fully saturated rings. The molecule has 2 aliphatic heterocycles. The van der Waals surface area contributed by atoms with E-state index in [1.165, 1.54) is 0 Å². The fraction of sp³-hybridized carbons (Fsp3) is 0.625. The Bertz CT molecular complexity index is 563. The van der Waals surface area contributed by atoms with Gasteiger partial charge in [0.15, 0.2) is 0 Å². The minimum atomic E-state index is -2.55. The number of nitrogens with zero attached hydrogens (tertiary/aromatic N) is 1. The maximum Gasteiger partial charge on any atom is 0.493 e. The summed E-state index contributed by atoms with van der Waals surface area (Å²) in [5, 5.41) is 0. The second-order valence-electron chi connectivity index (χ2n) is 7.28. The van der Waals surface area contributed by atoms with E-state index in [9.17, 15) is 8.78 Å². The number of halogens is 2. The van der Waals surface area contributed by atoms with E-state index in [1.54, 1.807) is 0 Å². The van der Waals surface area contributed by atoms with Gasteiger partial charge in [0.25, 0.3) is 5.92 Å². The largest absolute Gasteiger partial charge is 0.493 e. The summed E-state index contributed by atoms with van der Waals surface area (Å²) in [5.74, 6) is -2.55. The second kappa shape index (κ2) is 5.94. The summed E-state index contributed by atoms with van der Waals surface area (Å²) in [7, 11) is -0.412. The molecule has 2 aliphatic rings. The van der Waals surface area contributed by atoms with E-state index in [-0.39, 0.29) is 18.3 Å². The van der Waals surface area contributed by atoms with Crippen LogP contribution in [0.5, 0.6) is 0 Å². The van der Waals surface area contributed by atoms with E-state index in [4.69, 9.17) is 15.0 Å². The molecule has 2 heterocycles. The average Bonchev–Trinajstić information content (AvgIpc) is 2.48. The Labute approximate surface area is 136 Å². The lowest BCUT2D eigenvalue weighted by Crippen LogP contribution is -2.47. The fourth-order valence-corrected chi connectivity index (χ4v) is 2.97. The van der Waals surface area contributed by atoms with Gasteiger partial charge in [0.05, 0.1) is 11.4 Å². The van der Waals surface area contributed by atoms with Gasteiger partial charge in [-0.25, -0.2) is 8.78 Å². The first-order chi connectivity index (χ1) is 10.8. The van der Waals surface area contributed by atoms with Crippen molar-refractivity contribution in [2.24, 2.45) is 5.41 Å². The number of nitrogens with two attached hydrogens (primary N) is 1. The number of hydrogen-bond acceptors (Lipinski definition) is 4. The van der Waals surface area contributed by atoms with Crippen molar-refractivity contribution in [1.82, 2.24) is 0 Å². The van der Waals surface area contributed by atoms with Crippen molar-refractivity contribution in [2.45, 2.75) is 32.6 Å². The van der Waals surface area contributed by atoms with Gasteiger partial charge in [-0.3, -0.25) is 0 Å². The molecule has 23 heavy (non-hydrogen) atoms. The second-order valence-corrected chi connectivity index (χ2v) is 7.28. The predicted octanol–water partition coefficient (Wildman–Crippen LogP) is 2.27. The third kappa shape index (κ3) is 3.78. The normalized spacial score (nSPS) is 23.8. The standard InChI is InChI=1S/C16H23BF2N2O2/c1-15(2)10-22-17(23-11-15)12-3-4-14(13(20)9-12)21-7-5-16(18,19)6-8-21/h3-4,9H,5-8,10-11,20H2,1-2H3. The first kappa shape index (κ1) is 16.5. The Hall–Kier alpha value is -1.34. The molecule has 7 heteroatoms. The maximum absolute atomic E-state index is 13.3. The Kier molecular flexibility index (Phi) is 4.27. The van der Waals surface area contributed by atoms with Crippen LogP contribution in [0.1, 0.15) is 26.7 Å². The number of benzene rings is 1. The van der Waals surface area contributed by atoms with Crippen molar-refractivity contribution in [2.75, 3.05) is 36.9 Å². The van der Waals surface area contributed by atoms with Gasteiger partial charge in [0.1, 0.15) is 0 Å². The minimum absolute atomic E-state index is 0.0149. The third-order valence-electron chi connectivity index (χ3n) is 4.41. The summed E-state index contributed by atoms with van der Waals surface area (Å²) in [5.41, 5.74) is 8.40. The molecular formula is C16H23BF2N2O2. The van der Waals surface area contributed by atoms with Gasteiger partial charge in [-0.15, -0.1) is 0 Å². The molecule has 4 nitrogen and oxygen atoms in total. The van der Waals surface area contributed by atoms with Crippen LogP contribution in [0.15, 0.2) is 18.2 Å². The Morgan fingerprint density at radius 1 is 1.13 bits per heavy atom. The number of nitrogen functional groups attached to an aromatic ring is 1. The van der Waals surface area contributed by atoms with Crippen LogP contribution in [0.3, 0.4) is 0 Å². The highest BCUT2D eigenvalue weighted by atomic mass is 19.3. The van der Waals surface area contributed by atoms with Gasteiger partial charge < -0.3 is 19.9 Å². The molecule has 0 bridgehead atoms. The van der Waals surface area contributed by atoms with Gasteiger partial charge in [0, 0.05) is 44.6 Å². The molecule has 0 aliphatic carbocycles. The SMILES string of the molecule is CC1(C)COB(c2ccc(N3CCC(F)(F)CC3)c(N)c2)OC1. The number of rotatable bonds is 2. The molecule has 126 valence electrons. The zero-order valence-corrected chi connectivity index (χ0v) is 13.6. The van der Waals surface area contributed by atoms with Crippen molar-refractivity contribution >= 4 is 24.0 Å². The molecule has 2 N–H and O–H groups in total. The maximum atomic E-state index is 13.3. The Morgan fingerprint density at radius 3 is 2.30 bits per heavy atom. The molecule has 0 saturated carbocycles. The van der Waals surface area contributed by atoms with E-state index >= 15 is 0 Å². The predicted molar refractivity (Wildman–Crippen MR) is 88.3 cm³/mol. The molecule has 0 atom stereocenters. The monoisotopic (exact) mass is 324 g/mol. The molecule has 3 rings (SSSR count). The van der Waals surface area contributed by atoms with Crippen LogP contribution in [0.4, 0.5) is 20.2 Å². The van der Waals surface area contributed by atoms with Crippen LogP contribution >= 0.6 is 0 Å². The van der Waals surface area contributed by atoms with E-state index in [2.05, 4.69) is 13.8 Å². The van der Waals surface area contributed by atoms with Crippen LogP contribution in [0.25, 0.3) is 0 Å². The zero-order chi connectivity index (χ0) is 16.7. The van der Waals surface area contributed by atoms with Crippen molar-refractivity contribution in [1.29, 1.82) is 0 Å². The van der Waals surface area contributed by atoms with E-state index < -0.39 is 13.0 Å². The first-order valence-electron chi connectivity index (χ1n) is 8.01. The van der Waals surface area contributed by atoms with Gasteiger partial charge in [-0.05, 0) is 17.6 Å². The highest BCUT2D eigenvalue weighted by Gasteiger charge is 2.36. The highest BCUT2D eigenvalue weighted by molar-refractivity contribution is 6.61. The van der Waals surface area contributed by atoms with E-state index in [0.717, 1.165) is 11.2 Å². The Balaban J connectivity index is 1.69. The molecule has 2 saturated heterocycles.